The normalized spacial score (nSPS) is 13.9. The maximum atomic E-state index is 10.0. The van der Waals surface area contributed by atoms with Crippen molar-refractivity contribution < 1.29 is 5.11 Å². The van der Waals surface area contributed by atoms with Gasteiger partial charge in [0.1, 0.15) is 17.5 Å². The standard InChI is InChI=1S/C14H26N4O/c1-5-8-15-12-9-13(18-11(6-2)17-12)16-10-14(4,19)7-3/h9,19H,5-8,10H2,1-4H3,(H2,15,16,17,18). The Morgan fingerprint density at radius 1 is 1.16 bits per heavy atom. The largest absolute Gasteiger partial charge is 0.388 e. The number of hydrogen-bond acceptors (Lipinski definition) is 5. The Morgan fingerprint density at radius 2 is 1.79 bits per heavy atom. The maximum absolute atomic E-state index is 10.0. The molecular weight excluding hydrogens is 240 g/mol. The SMILES string of the molecule is CCCNc1cc(NCC(C)(O)CC)nc(CC)n1. The van der Waals surface area contributed by atoms with Crippen molar-refractivity contribution >= 4 is 11.6 Å². The topological polar surface area (TPSA) is 70.1 Å². The van der Waals surface area contributed by atoms with Crippen LogP contribution in [0, 0.1) is 0 Å². The molecule has 0 aliphatic carbocycles. The lowest BCUT2D eigenvalue weighted by Gasteiger charge is -2.22. The van der Waals surface area contributed by atoms with Crippen molar-refractivity contribution in [1.82, 2.24) is 9.97 Å². The molecule has 0 saturated carbocycles. The minimum Gasteiger partial charge on any atom is -0.388 e. The van der Waals surface area contributed by atoms with E-state index < -0.39 is 5.60 Å². The molecule has 0 spiro atoms. The zero-order valence-corrected chi connectivity index (χ0v) is 12.5. The molecule has 5 nitrogen and oxygen atoms in total. The highest BCUT2D eigenvalue weighted by atomic mass is 16.3. The van der Waals surface area contributed by atoms with E-state index in [1.807, 2.05) is 26.8 Å². The summed E-state index contributed by atoms with van der Waals surface area (Å²) in [4.78, 5) is 8.85. The fraction of sp³-hybridized carbons (Fsp3) is 0.714. The molecule has 0 aliphatic rings. The second-order valence-corrected chi connectivity index (χ2v) is 5.04. The highest BCUT2D eigenvalue weighted by Gasteiger charge is 2.17. The van der Waals surface area contributed by atoms with Gasteiger partial charge in [-0.25, -0.2) is 9.97 Å². The fourth-order valence-electron chi connectivity index (χ4n) is 1.50. The average Bonchev–Trinajstić information content (AvgIpc) is 2.42. The second-order valence-electron chi connectivity index (χ2n) is 5.04. The first-order valence-electron chi connectivity index (χ1n) is 7.08. The van der Waals surface area contributed by atoms with Gasteiger partial charge >= 0.3 is 0 Å². The van der Waals surface area contributed by atoms with Crippen molar-refractivity contribution in [3.63, 3.8) is 0 Å². The van der Waals surface area contributed by atoms with E-state index in [1.54, 1.807) is 0 Å². The Bertz CT molecular complexity index is 393. The number of nitrogens with zero attached hydrogens (tertiary/aromatic N) is 2. The first-order valence-corrected chi connectivity index (χ1v) is 7.08. The number of anilines is 2. The van der Waals surface area contributed by atoms with Gasteiger partial charge in [0.15, 0.2) is 0 Å². The number of aliphatic hydroxyl groups is 1. The van der Waals surface area contributed by atoms with Gasteiger partial charge in [-0.15, -0.1) is 0 Å². The highest BCUT2D eigenvalue weighted by molar-refractivity contribution is 5.47. The van der Waals surface area contributed by atoms with E-state index in [0.29, 0.717) is 13.0 Å². The third kappa shape index (κ3) is 5.42. The average molecular weight is 266 g/mol. The van der Waals surface area contributed by atoms with Crippen molar-refractivity contribution in [3.8, 4) is 0 Å². The van der Waals surface area contributed by atoms with Crippen LogP contribution >= 0.6 is 0 Å². The molecule has 5 heteroatoms. The van der Waals surface area contributed by atoms with Gasteiger partial charge in [-0.2, -0.15) is 0 Å². The summed E-state index contributed by atoms with van der Waals surface area (Å²) in [6.07, 6.45) is 2.55. The fourth-order valence-corrected chi connectivity index (χ4v) is 1.50. The minimum absolute atomic E-state index is 0.483. The molecule has 1 aromatic heterocycles. The predicted molar refractivity (Wildman–Crippen MR) is 79.6 cm³/mol. The van der Waals surface area contributed by atoms with E-state index in [1.165, 1.54) is 0 Å². The van der Waals surface area contributed by atoms with E-state index in [0.717, 1.165) is 36.8 Å². The third-order valence-corrected chi connectivity index (χ3v) is 3.06. The van der Waals surface area contributed by atoms with Crippen LogP contribution in [0.2, 0.25) is 0 Å². The van der Waals surface area contributed by atoms with Crippen LogP contribution in [-0.4, -0.2) is 33.8 Å². The molecule has 0 bridgehead atoms. The summed E-state index contributed by atoms with van der Waals surface area (Å²) >= 11 is 0. The molecule has 0 radical (unpaired) electrons. The van der Waals surface area contributed by atoms with Gasteiger partial charge in [0, 0.05) is 25.6 Å². The Hall–Kier alpha value is -1.36. The van der Waals surface area contributed by atoms with Crippen molar-refractivity contribution in [2.24, 2.45) is 0 Å². The number of aryl methyl sites for hydroxylation is 1. The molecule has 0 amide bonds. The van der Waals surface area contributed by atoms with Gasteiger partial charge in [0.25, 0.3) is 0 Å². The molecule has 0 fully saturated rings. The van der Waals surface area contributed by atoms with E-state index in [2.05, 4.69) is 27.5 Å². The van der Waals surface area contributed by atoms with Crippen LogP contribution < -0.4 is 10.6 Å². The second kappa shape index (κ2) is 7.28. The summed E-state index contributed by atoms with van der Waals surface area (Å²) in [6.45, 7) is 9.31. The molecule has 3 N–H and O–H groups in total. The van der Waals surface area contributed by atoms with Crippen LogP contribution in [0.5, 0.6) is 0 Å². The molecule has 108 valence electrons. The van der Waals surface area contributed by atoms with Gasteiger partial charge in [0.05, 0.1) is 5.60 Å². The van der Waals surface area contributed by atoms with Gasteiger partial charge in [-0.1, -0.05) is 20.8 Å². The molecule has 0 aromatic carbocycles. The van der Waals surface area contributed by atoms with Gasteiger partial charge < -0.3 is 15.7 Å². The van der Waals surface area contributed by atoms with Gasteiger partial charge in [-0.05, 0) is 19.8 Å². The van der Waals surface area contributed by atoms with Gasteiger partial charge in [0.2, 0.25) is 0 Å². The molecule has 1 aromatic rings. The molecule has 1 atom stereocenters. The van der Waals surface area contributed by atoms with E-state index >= 15 is 0 Å². The van der Waals surface area contributed by atoms with Crippen molar-refractivity contribution in [3.05, 3.63) is 11.9 Å². The van der Waals surface area contributed by atoms with Crippen LogP contribution in [0.1, 0.15) is 46.4 Å². The van der Waals surface area contributed by atoms with Crippen molar-refractivity contribution in [2.45, 2.75) is 52.6 Å². The monoisotopic (exact) mass is 266 g/mol. The van der Waals surface area contributed by atoms with Crippen LogP contribution in [0.3, 0.4) is 0 Å². The lowest BCUT2D eigenvalue weighted by atomic mass is 10.0. The van der Waals surface area contributed by atoms with Crippen LogP contribution in [0.25, 0.3) is 0 Å². The lowest BCUT2D eigenvalue weighted by molar-refractivity contribution is 0.0696. The quantitative estimate of drug-likeness (QED) is 0.674. The predicted octanol–water partition coefficient (Wildman–Crippen LogP) is 2.43. The summed E-state index contributed by atoms with van der Waals surface area (Å²) in [6, 6.07) is 1.89. The first kappa shape index (κ1) is 15.7. The Morgan fingerprint density at radius 3 is 2.32 bits per heavy atom. The minimum atomic E-state index is -0.714. The molecule has 0 aliphatic heterocycles. The van der Waals surface area contributed by atoms with Crippen LogP contribution in [0.15, 0.2) is 6.07 Å². The Labute approximate surface area is 115 Å². The summed E-state index contributed by atoms with van der Waals surface area (Å²) in [5, 5.41) is 16.5. The van der Waals surface area contributed by atoms with Crippen LogP contribution in [-0.2, 0) is 6.42 Å². The zero-order chi connectivity index (χ0) is 14.3. The maximum Gasteiger partial charge on any atom is 0.132 e. The highest BCUT2D eigenvalue weighted by Crippen LogP contribution is 2.14. The summed E-state index contributed by atoms with van der Waals surface area (Å²) in [5.41, 5.74) is -0.714. The molecule has 19 heavy (non-hydrogen) atoms. The van der Waals surface area contributed by atoms with E-state index in [9.17, 15) is 5.11 Å². The molecule has 1 unspecified atom stereocenters. The summed E-state index contributed by atoms with van der Waals surface area (Å²) < 4.78 is 0. The van der Waals surface area contributed by atoms with E-state index in [4.69, 9.17) is 0 Å². The third-order valence-electron chi connectivity index (χ3n) is 3.06. The Kier molecular flexibility index (Phi) is 6.02. The van der Waals surface area contributed by atoms with E-state index in [-0.39, 0.29) is 0 Å². The molecular formula is C14H26N4O. The molecule has 0 saturated heterocycles. The first-order chi connectivity index (χ1) is 9.00. The van der Waals surface area contributed by atoms with Crippen molar-refractivity contribution in [1.29, 1.82) is 0 Å². The zero-order valence-electron chi connectivity index (χ0n) is 12.5. The Balaban J connectivity index is 2.76. The van der Waals surface area contributed by atoms with Crippen molar-refractivity contribution in [2.75, 3.05) is 23.7 Å². The number of hydrogen-bond donors (Lipinski definition) is 3. The molecule has 1 heterocycles. The number of nitrogens with one attached hydrogen (secondary N) is 2. The van der Waals surface area contributed by atoms with Crippen LogP contribution in [0.4, 0.5) is 11.6 Å². The summed E-state index contributed by atoms with van der Waals surface area (Å²) in [5.74, 6) is 2.41. The lowest BCUT2D eigenvalue weighted by Crippen LogP contribution is -2.32. The number of rotatable bonds is 8. The number of aromatic nitrogens is 2. The summed E-state index contributed by atoms with van der Waals surface area (Å²) in [7, 11) is 0. The van der Waals surface area contributed by atoms with Gasteiger partial charge in [-0.3, -0.25) is 0 Å². The molecule has 1 rings (SSSR count). The smallest absolute Gasteiger partial charge is 0.132 e.